The van der Waals surface area contributed by atoms with Gasteiger partial charge in [-0.25, -0.2) is 10.2 Å². The number of fused-ring (bicyclic) bond motifs is 3. The molecule has 0 aromatic rings. The number of allylic oxidation sites excluding steroid dienone is 3. The van der Waals surface area contributed by atoms with E-state index in [0.29, 0.717) is 62.7 Å². The van der Waals surface area contributed by atoms with Crippen LogP contribution in [0.4, 0.5) is 0 Å². The quantitative estimate of drug-likeness (QED) is 0.122. The smallest absolute Gasteiger partial charge is 0.329 e. The molecule has 15 nitrogen and oxygen atoms in total. The van der Waals surface area contributed by atoms with Crippen LogP contribution in [0.2, 0.25) is 0 Å². The van der Waals surface area contributed by atoms with Crippen molar-refractivity contribution in [3.05, 3.63) is 23.3 Å². The maximum Gasteiger partial charge on any atom is 0.329 e. The molecule has 0 spiro atoms. The zero-order valence-corrected chi connectivity index (χ0v) is 37.6. The predicted molar refractivity (Wildman–Crippen MR) is 224 cm³/mol. The molecule has 3 heterocycles. The molecule has 1 saturated carbocycles. The van der Waals surface area contributed by atoms with Gasteiger partial charge in [-0.3, -0.25) is 14.4 Å². The highest BCUT2D eigenvalue weighted by Crippen LogP contribution is 2.39. The Morgan fingerprint density at radius 2 is 1.62 bits per heavy atom. The van der Waals surface area contributed by atoms with Gasteiger partial charge in [0.15, 0.2) is 0 Å². The maximum absolute atomic E-state index is 14.5. The lowest BCUT2D eigenvalue weighted by Gasteiger charge is -2.47. The van der Waals surface area contributed by atoms with Crippen molar-refractivity contribution >= 4 is 29.3 Å². The number of piperidine rings is 1. The Bertz CT molecular complexity index is 1580. The fraction of sp³-hybridized carbons (Fsp3) is 0.800. The number of nitrogens with one attached hydrogen (secondary N) is 1. The first-order chi connectivity index (χ1) is 28.4. The van der Waals surface area contributed by atoms with Crippen LogP contribution >= 0.6 is 0 Å². The Kier molecular flexibility index (Phi) is 18.5. The second-order valence-electron chi connectivity index (χ2n) is 18.0. The minimum absolute atomic E-state index is 0.00811. The van der Waals surface area contributed by atoms with Gasteiger partial charge in [0.2, 0.25) is 11.7 Å². The molecule has 340 valence electrons. The molecule has 0 radical (unpaired) electrons. The van der Waals surface area contributed by atoms with Crippen LogP contribution in [0.1, 0.15) is 119 Å². The number of aliphatic hydroxyl groups excluding tert-OH is 2. The van der Waals surface area contributed by atoms with E-state index < -0.39 is 77.9 Å². The molecule has 2 amide bonds. The van der Waals surface area contributed by atoms with Gasteiger partial charge in [-0.2, -0.15) is 5.10 Å². The Labute approximate surface area is 356 Å². The average Bonchev–Trinajstić information content (AvgIpc) is 3.22. The van der Waals surface area contributed by atoms with E-state index in [1.165, 1.54) is 26.0 Å². The highest BCUT2D eigenvalue weighted by Gasteiger charge is 2.56. The number of hydrazone groups is 1. The van der Waals surface area contributed by atoms with Crippen molar-refractivity contribution in [1.82, 2.24) is 10.3 Å². The van der Waals surface area contributed by atoms with Crippen LogP contribution in [-0.4, -0.2) is 132 Å². The summed E-state index contributed by atoms with van der Waals surface area (Å²) in [5.41, 5.74) is 4.85. The fourth-order valence-electron chi connectivity index (χ4n) is 9.69. The number of amides is 2. The molecule has 4 N–H and O–H groups in total. The van der Waals surface area contributed by atoms with Gasteiger partial charge in [0.05, 0.1) is 30.5 Å². The SMILES string of the molecule is CC[C@@H]1/C=C(\C)C[C@H](C)C[C@H](OC)[C@H]2O[C@@](O)(C(=O)C(=O)N3CCCC[C@H]3C(=O)O[C@H](/C(C)=C/[C@@H]3CC[C@@H](O)[C@H](OC)C3)[C@H](C)[C@@H](O)C/C1=N/NC(C)=O)[C@H](C)C[C@@H]2OC. The molecule has 0 unspecified atom stereocenters. The number of nitrogens with zero attached hydrogens (tertiary/aromatic N) is 2. The summed E-state index contributed by atoms with van der Waals surface area (Å²) in [6.45, 7) is 12.8. The minimum Gasteiger partial charge on any atom is -0.456 e. The monoisotopic (exact) mass is 848 g/mol. The highest BCUT2D eigenvalue weighted by atomic mass is 16.7. The molecule has 60 heavy (non-hydrogen) atoms. The standard InChI is InChI=1S/C45H73N3O12/c1-11-32-19-25(2)18-26(3)20-38(57-9)41-39(58-10)22-28(5)45(55,60-41)42(52)43(53)48-17-13-12-14-34(48)44(54)59-40(29(6)36(51)24-33(32)47-46-30(7)49)27(4)21-31-15-16-35(50)37(23-31)56-8/h19,21,26,28-29,31-32,34-41,50-51,55H,11-18,20,22-24H2,1-10H3,(H,46,49)/b25-19+,27-21+,47-33-/t26-,28+,29+,31-,32+,34-,35+,36-,37+,38-,39-,40+,41+,45+/m0/s1. The first-order valence-corrected chi connectivity index (χ1v) is 22.0. The summed E-state index contributed by atoms with van der Waals surface area (Å²) in [6, 6.07) is -1.14. The highest BCUT2D eigenvalue weighted by molar-refractivity contribution is 6.39. The van der Waals surface area contributed by atoms with Gasteiger partial charge in [-0.05, 0) is 95.5 Å². The van der Waals surface area contributed by atoms with Gasteiger partial charge >= 0.3 is 5.97 Å². The maximum atomic E-state index is 14.5. The summed E-state index contributed by atoms with van der Waals surface area (Å²) >= 11 is 0. The van der Waals surface area contributed by atoms with E-state index in [-0.39, 0.29) is 55.6 Å². The first kappa shape index (κ1) is 49.6. The van der Waals surface area contributed by atoms with Crippen molar-refractivity contribution in [2.75, 3.05) is 27.9 Å². The van der Waals surface area contributed by atoms with E-state index >= 15 is 0 Å². The number of cyclic esters (lactones) is 1. The molecule has 3 aliphatic heterocycles. The number of carbonyl (C=O) groups is 4. The third-order valence-corrected chi connectivity index (χ3v) is 13.3. The number of carbonyl (C=O) groups excluding carboxylic acids is 4. The number of hydrogen-bond acceptors (Lipinski definition) is 13. The summed E-state index contributed by atoms with van der Waals surface area (Å²) < 4.78 is 30.0. The van der Waals surface area contributed by atoms with Gasteiger partial charge in [0.25, 0.3) is 11.7 Å². The van der Waals surface area contributed by atoms with Crippen LogP contribution in [0.5, 0.6) is 0 Å². The molecule has 4 rings (SSSR count). The van der Waals surface area contributed by atoms with Gasteiger partial charge < -0.3 is 43.9 Å². The van der Waals surface area contributed by atoms with E-state index in [0.717, 1.165) is 5.57 Å². The second kappa shape index (κ2) is 22.3. The van der Waals surface area contributed by atoms with Crippen molar-refractivity contribution in [2.24, 2.45) is 34.7 Å². The number of methoxy groups -OCH3 is 3. The number of ketones is 1. The molecule has 3 fully saturated rings. The van der Waals surface area contributed by atoms with Crippen LogP contribution in [0.15, 0.2) is 28.4 Å². The molecule has 14 atom stereocenters. The van der Waals surface area contributed by atoms with Gasteiger partial charge in [-0.1, -0.05) is 45.4 Å². The van der Waals surface area contributed by atoms with Crippen LogP contribution in [0.25, 0.3) is 0 Å². The lowest BCUT2D eigenvalue weighted by Crippen LogP contribution is -2.64. The second-order valence-corrected chi connectivity index (χ2v) is 18.0. The molecule has 2 saturated heterocycles. The Morgan fingerprint density at radius 1 is 0.950 bits per heavy atom. The number of aliphatic hydroxyl groups is 3. The van der Waals surface area contributed by atoms with Crippen molar-refractivity contribution < 1.29 is 58.2 Å². The molecular weight excluding hydrogens is 775 g/mol. The summed E-state index contributed by atoms with van der Waals surface area (Å²) in [5.74, 6) is -7.56. The molecular formula is C45H73N3O12. The Hall–Kier alpha value is -3.05. The molecule has 0 aromatic heterocycles. The number of ether oxygens (including phenoxy) is 5. The molecule has 0 aromatic carbocycles. The van der Waals surface area contributed by atoms with Crippen molar-refractivity contribution in [1.29, 1.82) is 0 Å². The summed E-state index contributed by atoms with van der Waals surface area (Å²) in [5, 5.41) is 39.1. The summed E-state index contributed by atoms with van der Waals surface area (Å²) in [7, 11) is 4.64. The number of hydrogen-bond donors (Lipinski definition) is 4. The van der Waals surface area contributed by atoms with E-state index in [1.807, 2.05) is 26.8 Å². The van der Waals surface area contributed by atoms with Gasteiger partial charge in [0.1, 0.15) is 18.2 Å². The van der Waals surface area contributed by atoms with E-state index in [4.69, 9.17) is 23.7 Å². The van der Waals surface area contributed by atoms with E-state index in [2.05, 4.69) is 23.5 Å². The van der Waals surface area contributed by atoms with Crippen LogP contribution in [-0.2, 0) is 42.9 Å². The topological polar surface area (TPSA) is 203 Å². The van der Waals surface area contributed by atoms with E-state index in [9.17, 15) is 34.5 Å². The van der Waals surface area contributed by atoms with E-state index in [1.54, 1.807) is 21.0 Å². The normalized spacial score (nSPS) is 40.1. The summed E-state index contributed by atoms with van der Waals surface area (Å²) in [4.78, 5) is 56.4. The first-order valence-electron chi connectivity index (χ1n) is 22.0. The lowest BCUT2D eigenvalue weighted by molar-refractivity contribution is -0.302. The third-order valence-electron chi connectivity index (χ3n) is 13.3. The Morgan fingerprint density at radius 3 is 2.25 bits per heavy atom. The largest absolute Gasteiger partial charge is 0.456 e. The zero-order valence-electron chi connectivity index (χ0n) is 37.6. The molecule has 2 bridgehead atoms. The molecule has 4 aliphatic rings. The number of Topliss-reactive ketones (excluding diaryl/α,β-unsaturated/α-hetero) is 1. The lowest BCUT2D eigenvalue weighted by atomic mass is 9.81. The number of rotatable bonds is 7. The number of esters is 1. The Balaban J connectivity index is 1.83. The molecule has 1 aliphatic carbocycles. The van der Waals surface area contributed by atoms with Crippen LogP contribution in [0, 0.1) is 29.6 Å². The summed E-state index contributed by atoms with van der Waals surface area (Å²) in [6.07, 6.45) is 4.17. The minimum atomic E-state index is -2.51. The third kappa shape index (κ3) is 12.1. The molecule has 15 heteroatoms. The van der Waals surface area contributed by atoms with Crippen LogP contribution < -0.4 is 5.43 Å². The average molecular weight is 848 g/mol. The predicted octanol–water partition coefficient (Wildman–Crippen LogP) is 4.40. The van der Waals surface area contributed by atoms with Gasteiger partial charge in [-0.15, -0.1) is 0 Å². The van der Waals surface area contributed by atoms with Crippen molar-refractivity contribution in [3.63, 3.8) is 0 Å². The van der Waals surface area contributed by atoms with Crippen LogP contribution in [0.3, 0.4) is 0 Å². The van der Waals surface area contributed by atoms with Crippen molar-refractivity contribution in [3.8, 4) is 0 Å². The zero-order chi connectivity index (χ0) is 44.5. The van der Waals surface area contributed by atoms with Crippen molar-refractivity contribution in [2.45, 2.75) is 174 Å². The fourth-order valence-corrected chi connectivity index (χ4v) is 9.69. The van der Waals surface area contributed by atoms with Gasteiger partial charge in [0, 0.05) is 64.7 Å².